The standard InChI is InChI=1S/C15H17N3O3/c16-7-9-4-5-11-10(6-9)8-18(15(11)21)12-2-1-3-13(19)17-14(12)20/h4-6,12H,1-3,7-8,16H2,(H,17,19,20)/t12-/m0/s1. The minimum atomic E-state index is -0.572. The van der Waals surface area contributed by atoms with E-state index >= 15 is 0 Å². The number of carbonyl (C=O) groups is 3. The first-order valence-corrected chi connectivity index (χ1v) is 7.06. The largest absolute Gasteiger partial charge is 0.326 e. The first-order valence-electron chi connectivity index (χ1n) is 7.06. The van der Waals surface area contributed by atoms with Gasteiger partial charge in [-0.3, -0.25) is 19.7 Å². The first kappa shape index (κ1) is 13.8. The molecular formula is C15H17N3O3. The lowest BCUT2D eigenvalue weighted by Crippen LogP contribution is -2.46. The minimum Gasteiger partial charge on any atom is -0.326 e. The second-order valence-electron chi connectivity index (χ2n) is 5.45. The van der Waals surface area contributed by atoms with Crippen molar-refractivity contribution in [2.24, 2.45) is 5.73 Å². The highest BCUT2D eigenvalue weighted by Gasteiger charge is 2.37. The highest BCUT2D eigenvalue weighted by molar-refractivity contribution is 6.04. The van der Waals surface area contributed by atoms with Crippen LogP contribution in [0.25, 0.3) is 0 Å². The van der Waals surface area contributed by atoms with Crippen molar-refractivity contribution in [1.82, 2.24) is 10.2 Å². The summed E-state index contributed by atoms with van der Waals surface area (Å²) in [5.74, 6) is -0.794. The summed E-state index contributed by atoms with van der Waals surface area (Å²) >= 11 is 0. The molecule has 1 saturated heterocycles. The Hall–Kier alpha value is -2.21. The molecule has 2 aliphatic rings. The fourth-order valence-corrected chi connectivity index (χ4v) is 2.94. The van der Waals surface area contributed by atoms with Crippen LogP contribution in [0, 0.1) is 0 Å². The summed E-state index contributed by atoms with van der Waals surface area (Å²) in [6.45, 7) is 0.814. The number of imide groups is 1. The maximum atomic E-state index is 12.5. The minimum absolute atomic E-state index is 0.150. The number of benzene rings is 1. The quantitative estimate of drug-likeness (QED) is 0.765. The Bertz CT molecular complexity index is 627. The molecule has 0 radical (unpaired) electrons. The number of fused-ring (bicyclic) bond motifs is 1. The number of rotatable bonds is 2. The van der Waals surface area contributed by atoms with Crippen LogP contribution < -0.4 is 11.1 Å². The van der Waals surface area contributed by atoms with Gasteiger partial charge in [-0.2, -0.15) is 0 Å². The summed E-state index contributed by atoms with van der Waals surface area (Å²) in [4.78, 5) is 37.5. The Kier molecular flexibility index (Phi) is 3.47. The lowest BCUT2D eigenvalue weighted by molar-refractivity contribution is -0.132. The predicted molar refractivity (Wildman–Crippen MR) is 75.0 cm³/mol. The topological polar surface area (TPSA) is 92.5 Å². The zero-order valence-electron chi connectivity index (χ0n) is 11.6. The van der Waals surface area contributed by atoms with Crippen molar-refractivity contribution in [3.8, 4) is 0 Å². The van der Waals surface area contributed by atoms with Crippen LogP contribution in [-0.2, 0) is 22.7 Å². The average Bonchev–Trinajstić information content (AvgIpc) is 2.69. The molecule has 1 aromatic carbocycles. The third-order valence-corrected chi connectivity index (χ3v) is 4.06. The fourth-order valence-electron chi connectivity index (χ4n) is 2.94. The summed E-state index contributed by atoms with van der Waals surface area (Å²) in [7, 11) is 0. The molecule has 1 aromatic rings. The smallest absolute Gasteiger partial charge is 0.255 e. The van der Waals surface area contributed by atoms with E-state index in [2.05, 4.69) is 5.32 Å². The molecule has 0 bridgehead atoms. The van der Waals surface area contributed by atoms with Crippen LogP contribution in [0.5, 0.6) is 0 Å². The van der Waals surface area contributed by atoms with Crippen LogP contribution in [0.1, 0.15) is 40.7 Å². The molecule has 0 unspecified atom stereocenters. The van der Waals surface area contributed by atoms with Crippen molar-refractivity contribution >= 4 is 17.7 Å². The van der Waals surface area contributed by atoms with Gasteiger partial charge in [-0.1, -0.05) is 12.1 Å². The van der Waals surface area contributed by atoms with E-state index in [1.807, 2.05) is 12.1 Å². The normalized spacial score (nSPS) is 22.0. The fraction of sp³-hybridized carbons (Fsp3) is 0.400. The Labute approximate surface area is 122 Å². The summed E-state index contributed by atoms with van der Waals surface area (Å²) in [5, 5.41) is 2.35. The average molecular weight is 287 g/mol. The highest BCUT2D eigenvalue weighted by atomic mass is 16.2. The maximum absolute atomic E-state index is 12.5. The number of hydrogen-bond donors (Lipinski definition) is 2. The monoisotopic (exact) mass is 287 g/mol. The molecule has 0 saturated carbocycles. The molecule has 1 atom stereocenters. The second kappa shape index (κ2) is 5.29. The van der Waals surface area contributed by atoms with Crippen molar-refractivity contribution in [3.63, 3.8) is 0 Å². The lowest BCUT2D eigenvalue weighted by atomic mass is 10.1. The molecule has 21 heavy (non-hydrogen) atoms. The van der Waals surface area contributed by atoms with Gasteiger partial charge < -0.3 is 10.6 Å². The van der Waals surface area contributed by atoms with E-state index in [1.165, 1.54) is 0 Å². The van der Waals surface area contributed by atoms with E-state index in [9.17, 15) is 14.4 Å². The molecule has 1 fully saturated rings. The van der Waals surface area contributed by atoms with Crippen molar-refractivity contribution < 1.29 is 14.4 Å². The number of hydrogen-bond acceptors (Lipinski definition) is 4. The molecule has 2 aliphatic heterocycles. The van der Waals surface area contributed by atoms with E-state index in [1.54, 1.807) is 11.0 Å². The van der Waals surface area contributed by atoms with Gasteiger partial charge in [-0.25, -0.2) is 0 Å². The summed E-state index contributed by atoms with van der Waals surface area (Å²) in [6, 6.07) is 4.93. The van der Waals surface area contributed by atoms with Crippen LogP contribution in [0.3, 0.4) is 0 Å². The molecule has 6 heteroatoms. The molecular weight excluding hydrogens is 270 g/mol. The van der Waals surface area contributed by atoms with Crippen molar-refractivity contribution in [2.45, 2.75) is 38.4 Å². The van der Waals surface area contributed by atoms with Crippen LogP contribution in [0.15, 0.2) is 18.2 Å². The molecule has 0 aromatic heterocycles. The number of carbonyl (C=O) groups excluding carboxylic acids is 3. The van der Waals surface area contributed by atoms with Gasteiger partial charge in [0.05, 0.1) is 0 Å². The Morgan fingerprint density at radius 3 is 2.86 bits per heavy atom. The van der Waals surface area contributed by atoms with Crippen LogP contribution in [0.4, 0.5) is 0 Å². The van der Waals surface area contributed by atoms with Gasteiger partial charge in [0.25, 0.3) is 5.91 Å². The molecule has 110 valence electrons. The zero-order chi connectivity index (χ0) is 15.0. The SMILES string of the molecule is NCc1ccc2c(c1)CN([C@H]1CCCC(=O)NC1=O)C2=O. The molecule has 6 nitrogen and oxygen atoms in total. The number of nitrogens with zero attached hydrogens (tertiary/aromatic N) is 1. The third-order valence-electron chi connectivity index (χ3n) is 4.06. The van der Waals surface area contributed by atoms with E-state index < -0.39 is 6.04 Å². The molecule has 3 N–H and O–H groups in total. The predicted octanol–water partition coefficient (Wildman–Crippen LogP) is 0.296. The Balaban J connectivity index is 1.86. The first-order chi connectivity index (χ1) is 10.1. The lowest BCUT2D eigenvalue weighted by Gasteiger charge is -2.24. The van der Waals surface area contributed by atoms with Crippen LogP contribution >= 0.6 is 0 Å². The van der Waals surface area contributed by atoms with Crippen LogP contribution in [0.2, 0.25) is 0 Å². The maximum Gasteiger partial charge on any atom is 0.255 e. The summed E-state index contributed by atoms with van der Waals surface area (Å²) in [6.07, 6.45) is 1.45. The van der Waals surface area contributed by atoms with Gasteiger partial charge >= 0.3 is 0 Å². The van der Waals surface area contributed by atoms with Gasteiger partial charge in [0.15, 0.2) is 0 Å². The van der Waals surface area contributed by atoms with Gasteiger partial charge in [-0.15, -0.1) is 0 Å². The van der Waals surface area contributed by atoms with E-state index in [4.69, 9.17) is 5.73 Å². The molecule has 3 amide bonds. The Morgan fingerprint density at radius 1 is 1.29 bits per heavy atom. The van der Waals surface area contributed by atoms with E-state index in [0.717, 1.165) is 11.1 Å². The second-order valence-corrected chi connectivity index (χ2v) is 5.45. The van der Waals surface area contributed by atoms with E-state index in [0.29, 0.717) is 37.9 Å². The van der Waals surface area contributed by atoms with E-state index in [-0.39, 0.29) is 17.7 Å². The molecule has 0 spiro atoms. The van der Waals surface area contributed by atoms with Gasteiger partial charge in [0, 0.05) is 25.1 Å². The number of amides is 3. The molecule has 2 heterocycles. The van der Waals surface area contributed by atoms with Gasteiger partial charge in [-0.05, 0) is 30.0 Å². The number of nitrogens with one attached hydrogen (secondary N) is 1. The summed E-state index contributed by atoms with van der Waals surface area (Å²) < 4.78 is 0. The summed E-state index contributed by atoms with van der Waals surface area (Å²) in [5.41, 5.74) is 8.09. The number of nitrogens with two attached hydrogens (primary N) is 1. The van der Waals surface area contributed by atoms with Gasteiger partial charge in [0.1, 0.15) is 6.04 Å². The van der Waals surface area contributed by atoms with Crippen molar-refractivity contribution in [1.29, 1.82) is 0 Å². The zero-order valence-corrected chi connectivity index (χ0v) is 11.6. The highest BCUT2D eigenvalue weighted by Crippen LogP contribution is 2.28. The third kappa shape index (κ3) is 2.42. The van der Waals surface area contributed by atoms with Gasteiger partial charge in [0.2, 0.25) is 11.8 Å². The molecule has 0 aliphatic carbocycles. The van der Waals surface area contributed by atoms with Crippen LogP contribution in [-0.4, -0.2) is 28.7 Å². The van der Waals surface area contributed by atoms with Crippen molar-refractivity contribution in [2.75, 3.05) is 0 Å². The molecule has 3 rings (SSSR count). The Morgan fingerprint density at radius 2 is 2.10 bits per heavy atom. The van der Waals surface area contributed by atoms with Crippen molar-refractivity contribution in [3.05, 3.63) is 34.9 Å².